The molecule has 0 aliphatic carbocycles. The van der Waals surface area contributed by atoms with Crippen molar-refractivity contribution in [2.45, 2.75) is 6.42 Å². The van der Waals surface area contributed by atoms with Crippen LogP contribution in [0.5, 0.6) is 0 Å². The lowest BCUT2D eigenvalue weighted by Crippen LogP contribution is -2.26. The normalized spacial score (nSPS) is 10.4. The molecule has 3 N–H and O–H groups in total. The second-order valence-electron chi connectivity index (χ2n) is 4.08. The van der Waals surface area contributed by atoms with Gasteiger partial charge in [-0.25, -0.2) is 4.98 Å². The monoisotopic (exact) mass is 279 g/mol. The van der Waals surface area contributed by atoms with Gasteiger partial charge in [-0.1, -0.05) is 11.6 Å². The largest absolute Gasteiger partial charge is 0.382 e. The molecule has 0 aromatic carbocycles. The lowest BCUT2D eigenvalue weighted by atomic mass is 10.2. The van der Waals surface area contributed by atoms with Crippen molar-refractivity contribution in [3.8, 4) is 0 Å². The first-order valence-electron chi connectivity index (χ1n) is 5.74. The zero-order chi connectivity index (χ0) is 13.8. The molecule has 2 aromatic rings. The molecule has 6 nitrogen and oxygen atoms in total. The number of carbonyl (C=O) groups excluding carboxylic acids is 1. The summed E-state index contributed by atoms with van der Waals surface area (Å²) in [6, 6.07) is 3.41. The zero-order valence-electron chi connectivity index (χ0n) is 10.4. The Morgan fingerprint density at radius 3 is 3.00 bits per heavy atom. The summed E-state index contributed by atoms with van der Waals surface area (Å²) in [6.45, 7) is 0.498. The maximum absolute atomic E-state index is 11.8. The molecule has 2 rings (SSSR count). The number of carbonyl (C=O) groups is 1. The Balaban J connectivity index is 1.89. The number of anilines is 1. The topological polar surface area (TPSA) is 85.8 Å². The van der Waals surface area contributed by atoms with Crippen LogP contribution >= 0.6 is 11.6 Å². The van der Waals surface area contributed by atoms with Crippen molar-refractivity contribution in [2.24, 2.45) is 7.05 Å². The number of nitrogens with one attached hydrogen (secondary N) is 1. The summed E-state index contributed by atoms with van der Waals surface area (Å²) in [5.41, 5.74) is 6.80. The van der Waals surface area contributed by atoms with Crippen LogP contribution in [0.2, 0.25) is 5.02 Å². The molecule has 0 aliphatic heterocycles. The molecule has 2 heterocycles. The van der Waals surface area contributed by atoms with Crippen LogP contribution in [0.1, 0.15) is 16.1 Å². The number of aryl methyl sites for hydroxylation is 1. The van der Waals surface area contributed by atoms with Gasteiger partial charge in [-0.05, 0) is 12.1 Å². The van der Waals surface area contributed by atoms with E-state index in [1.807, 2.05) is 19.3 Å². The summed E-state index contributed by atoms with van der Waals surface area (Å²) >= 11 is 5.81. The van der Waals surface area contributed by atoms with E-state index in [0.717, 1.165) is 5.69 Å². The summed E-state index contributed by atoms with van der Waals surface area (Å²) in [7, 11) is 1.85. The maximum Gasteiger partial charge on any atom is 0.252 e. The summed E-state index contributed by atoms with van der Waals surface area (Å²) in [5.74, 6) is -0.0166. The molecule has 19 heavy (non-hydrogen) atoms. The molecule has 0 unspecified atom stereocenters. The van der Waals surface area contributed by atoms with Crippen molar-refractivity contribution in [1.29, 1.82) is 0 Å². The third-order valence-corrected chi connectivity index (χ3v) is 2.87. The molecule has 0 fully saturated rings. The molecule has 0 radical (unpaired) electrons. The number of nitrogens with zero attached hydrogens (tertiary/aromatic N) is 3. The zero-order valence-corrected chi connectivity index (χ0v) is 11.2. The van der Waals surface area contributed by atoms with E-state index in [2.05, 4.69) is 15.4 Å². The Morgan fingerprint density at radius 1 is 1.58 bits per heavy atom. The molecule has 1 amide bonds. The van der Waals surface area contributed by atoms with Crippen LogP contribution in [0, 0.1) is 0 Å². The minimum Gasteiger partial charge on any atom is -0.382 e. The molecule has 0 saturated carbocycles. The van der Waals surface area contributed by atoms with Gasteiger partial charge in [-0.15, -0.1) is 0 Å². The lowest BCUT2D eigenvalue weighted by molar-refractivity contribution is 0.0953. The highest BCUT2D eigenvalue weighted by molar-refractivity contribution is 6.33. The van der Waals surface area contributed by atoms with Crippen molar-refractivity contribution in [3.63, 3.8) is 0 Å². The van der Waals surface area contributed by atoms with E-state index in [-0.39, 0.29) is 16.7 Å². The van der Waals surface area contributed by atoms with E-state index in [9.17, 15) is 4.79 Å². The average molecular weight is 280 g/mol. The van der Waals surface area contributed by atoms with E-state index in [4.69, 9.17) is 17.3 Å². The van der Waals surface area contributed by atoms with Crippen molar-refractivity contribution < 1.29 is 4.79 Å². The first kappa shape index (κ1) is 13.4. The fourth-order valence-electron chi connectivity index (χ4n) is 1.58. The molecule has 0 atom stereocenters. The van der Waals surface area contributed by atoms with E-state index in [0.29, 0.717) is 18.5 Å². The average Bonchev–Trinajstić information content (AvgIpc) is 2.78. The predicted octanol–water partition coefficient (Wildman–Crippen LogP) is 1.02. The van der Waals surface area contributed by atoms with E-state index in [1.165, 1.54) is 12.3 Å². The number of nitrogens with two attached hydrogens (primary N) is 1. The lowest BCUT2D eigenvalue weighted by Gasteiger charge is -2.05. The Bertz CT molecular complexity index is 596. The van der Waals surface area contributed by atoms with Gasteiger partial charge in [0.25, 0.3) is 5.91 Å². The third kappa shape index (κ3) is 3.45. The Morgan fingerprint density at radius 2 is 2.37 bits per heavy atom. The summed E-state index contributed by atoms with van der Waals surface area (Å²) in [5, 5.41) is 7.27. The van der Waals surface area contributed by atoms with Crippen LogP contribution in [0.3, 0.4) is 0 Å². The van der Waals surface area contributed by atoms with E-state index >= 15 is 0 Å². The first-order valence-corrected chi connectivity index (χ1v) is 6.12. The fourth-order valence-corrected chi connectivity index (χ4v) is 1.74. The van der Waals surface area contributed by atoms with Crippen molar-refractivity contribution >= 4 is 23.3 Å². The summed E-state index contributed by atoms with van der Waals surface area (Å²) in [4.78, 5) is 15.7. The van der Waals surface area contributed by atoms with Gasteiger partial charge >= 0.3 is 0 Å². The van der Waals surface area contributed by atoms with Crippen molar-refractivity contribution in [2.75, 3.05) is 12.3 Å². The first-order chi connectivity index (χ1) is 9.06. The fraction of sp³-hybridized carbons (Fsp3) is 0.250. The van der Waals surface area contributed by atoms with Crippen molar-refractivity contribution in [1.82, 2.24) is 20.1 Å². The minimum absolute atomic E-state index is 0.215. The number of amides is 1. The number of pyridine rings is 1. The Labute approximate surface area is 115 Å². The number of hydrogen-bond donors (Lipinski definition) is 2. The van der Waals surface area contributed by atoms with Gasteiger partial charge in [0.05, 0.1) is 16.3 Å². The standard InChI is InChI=1S/C12H14ClN5O/c1-18-5-3-9(17-18)2-4-15-12(19)8-6-10(13)11(14)16-7-8/h3,5-7H,2,4H2,1H3,(H2,14,16)(H,15,19). The van der Waals surface area contributed by atoms with Gasteiger partial charge in [0.2, 0.25) is 0 Å². The van der Waals surface area contributed by atoms with Crippen LogP contribution in [-0.2, 0) is 13.5 Å². The molecule has 2 aromatic heterocycles. The van der Waals surface area contributed by atoms with Crippen LogP contribution < -0.4 is 11.1 Å². The van der Waals surface area contributed by atoms with Gasteiger partial charge in [-0.2, -0.15) is 5.10 Å². The maximum atomic E-state index is 11.8. The van der Waals surface area contributed by atoms with Gasteiger partial charge in [0.1, 0.15) is 5.82 Å². The highest BCUT2D eigenvalue weighted by Gasteiger charge is 2.08. The summed E-state index contributed by atoms with van der Waals surface area (Å²) in [6.07, 6.45) is 3.93. The molecular weight excluding hydrogens is 266 g/mol. The van der Waals surface area contributed by atoms with Crippen molar-refractivity contribution in [3.05, 3.63) is 40.8 Å². The van der Waals surface area contributed by atoms with E-state index < -0.39 is 0 Å². The summed E-state index contributed by atoms with van der Waals surface area (Å²) < 4.78 is 1.72. The molecule has 0 bridgehead atoms. The molecule has 0 spiro atoms. The number of rotatable bonds is 4. The number of hydrogen-bond acceptors (Lipinski definition) is 4. The highest BCUT2D eigenvalue weighted by atomic mass is 35.5. The van der Waals surface area contributed by atoms with Crippen LogP contribution in [-0.4, -0.2) is 27.2 Å². The molecular formula is C12H14ClN5O. The van der Waals surface area contributed by atoms with Crippen LogP contribution in [0.4, 0.5) is 5.82 Å². The molecule has 0 saturated heterocycles. The second kappa shape index (κ2) is 5.71. The smallest absolute Gasteiger partial charge is 0.252 e. The second-order valence-corrected chi connectivity index (χ2v) is 4.48. The van der Waals surface area contributed by atoms with E-state index in [1.54, 1.807) is 4.68 Å². The predicted molar refractivity (Wildman–Crippen MR) is 72.9 cm³/mol. The third-order valence-electron chi connectivity index (χ3n) is 2.57. The van der Waals surface area contributed by atoms with Gasteiger partial charge < -0.3 is 11.1 Å². The molecule has 7 heteroatoms. The quantitative estimate of drug-likeness (QED) is 0.875. The van der Waals surface area contributed by atoms with Crippen LogP contribution in [0.15, 0.2) is 24.5 Å². The number of nitrogen functional groups attached to an aromatic ring is 1. The molecule has 100 valence electrons. The minimum atomic E-state index is -0.231. The van der Waals surface area contributed by atoms with Gasteiger partial charge in [0, 0.05) is 32.4 Å². The SMILES string of the molecule is Cn1ccc(CCNC(=O)c2cnc(N)c(Cl)c2)n1. The Kier molecular flexibility index (Phi) is 4.01. The number of halogens is 1. The van der Waals surface area contributed by atoms with Gasteiger partial charge in [0.15, 0.2) is 0 Å². The highest BCUT2D eigenvalue weighted by Crippen LogP contribution is 2.16. The van der Waals surface area contributed by atoms with Gasteiger partial charge in [-0.3, -0.25) is 9.48 Å². The number of aromatic nitrogens is 3. The molecule has 0 aliphatic rings. The van der Waals surface area contributed by atoms with Crippen LogP contribution in [0.25, 0.3) is 0 Å². The Hall–Kier alpha value is -2.08.